The zero-order chi connectivity index (χ0) is 22.1. The Balaban J connectivity index is 1.16. The molecular weight excluding hydrogens is 468 g/mol. The van der Waals surface area contributed by atoms with Crippen LogP contribution in [-0.4, -0.2) is 37.3 Å². The van der Waals surface area contributed by atoms with Crippen molar-refractivity contribution >= 4 is 50.4 Å². The normalized spacial score (nSPS) is 13.4. The molecule has 1 saturated carbocycles. The molecule has 3 heterocycles. The number of rotatable bonds is 8. The Hall–Kier alpha value is -2.83. The summed E-state index contributed by atoms with van der Waals surface area (Å²) >= 11 is 4.15. The van der Waals surface area contributed by atoms with Gasteiger partial charge in [0.2, 0.25) is 10.1 Å². The van der Waals surface area contributed by atoms with Crippen molar-refractivity contribution in [3.05, 3.63) is 57.0 Å². The van der Waals surface area contributed by atoms with Crippen molar-refractivity contribution in [2.24, 2.45) is 0 Å². The third kappa shape index (κ3) is 4.97. The molecule has 0 atom stereocenters. The summed E-state index contributed by atoms with van der Waals surface area (Å²) < 4.78 is 7.52. The first kappa shape index (κ1) is 21.0. The number of thioether (sulfide) groups is 1. The number of amides is 1. The molecule has 0 unspecified atom stereocenters. The standard InChI is InChI=1S/C20H18N6O3S3/c1-11-2-6-14(7-3-11)29-9-15(27)22-18-23-24-20(32-18)30-10-13-8-16(28)26-19(21-13)31-17(25-26)12-4-5-12/h2-3,6-8,12H,4-5,9-10H2,1H3,(H,22,23,27). The van der Waals surface area contributed by atoms with Gasteiger partial charge in [-0.1, -0.05) is 52.1 Å². The van der Waals surface area contributed by atoms with E-state index >= 15 is 0 Å². The number of ether oxygens (including phenoxy) is 1. The summed E-state index contributed by atoms with van der Waals surface area (Å²) in [6, 6.07) is 8.98. The lowest BCUT2D eigenvalue weighted by atomic mass is 10.2. The molecular formula is C20H18N6O3S3. The van der Waals surface area contributed by atoms with Gasteiger partial charge in [-0.3, -0.25) is 14.9 Å². The van der Waals surface area contributed by atoms with Gasteiger partial charge in [-0.2, -0.15) is 9.61 Å². The molecule has 0 saturated heterocycles. The molecule has 164 valence electrons. The largest absolute Gasteiger partial charge is 0.484 e. The van der Waals surface area contributed by atoms with Crippen LogP contribution in [0.4, 0.5) is 5.13 Å². The minimum atomic E-state index is -0.310. The first-order chi connectivity index (χ1) is 15.5. The first-order valence-corrected chi connectivity index (χ1v) is 12.5. The van der Waals surface area contributed by atoms with Crippen LogP contribution in [0, 0.1) is 6.92 Å². The van der Waals surface area contributed by atoms with E-state index in [2.05, 4.69) is 25.6 Å². The van der Waals surface area contributed by atoms with Gasteiger partial charge in [-0.25, -0.2) is 4.98 Å². The van der Waals surface area contributed by atoms with E-state index in [1.807, 2.05) is 31.2 Å². The molecule has 1 fully saturated rings. The Morgan fingerprint density at radius 2 is 2.06 bits per heavy atom. The molecule has 1 amide bonds. The predicted octanol–water partition coefficient (Wildman–Crippen LogP) is 3.50. The summed E-state index contributed by atoms with van der Waals surface area (Å²) in [5, 5.41) is 16.5. The van der Waals surface area contributed by atoms with Crippen molar-refractivity contribution in [3.63, 3.8) is 0 Å². The maximum atomic E-state index is 12.3. The van der Waals surface area contributed by atoms with Gasteiger partial charge < -0.3 is 4.74 Å². The van der Waals surface area contributed by atoms with Crippen LogP contribution in [0.2, 0.25) is 0 Å². The highest BCUT2D eigenvalue weighted by Crippen LogP contribution is 2.41. The molecule has 0 radical (unpaired) electrons. The summed E-state index contributed by atoms with van der Waals surface area (Å²) in [7, 11) is 0. The van der Waals surface area contributed by atoms with E-state index in [9.17, 15) is 9.59 Å². The minimum Gasteiger partial charge on any atom is -0.484 e. The Morgan fingerprint density at radius 3 is 2.84 bits per heavy atom. The molecule has 0 aliphatic heterocycles. The van der Waals surface area contributed by atoms with Crippen LogP contribution in [0.3, 0.4) is 0 Å². The third-order valence-electron chi connectivity index (χ3n) is 4.63. The fourth-order valence-electron chi connectivity index (χ4n) is 2.83. The first-order valence-electron chi connectivity index (χ1n) is 9.89. The number of aryl methyl sites for hydroxylation is 1. The van der Waals surface area contributed by atoms with Gasteiger partial charge >= 0.3 is 0 Å². The lowest BCUT2D eigenvalue weighted by Crippen LogP contribution is -2.20. The van der Waals surface area contributed by atoms with Crippen LogP contribution >= 0.6 is 34.4 Å². The Labute approximate surface area is 194 Å². The molecule has 4 aromatic rings. The number of nitrogens with zero attached hydrogens (tertiary/aromatic N) is 5. The molecule has 0 spiro atoms. The van der Waals surface area contributed by atoms with E-state index in [1.54, 1.807) is 0 Å². The molecule has 3 aromatic heterocycles. The van der Waals surface area contributed by atoms with Crippen molar-refractivity contribution in [3.8, 4) is 5.75 Å². The van der Waals surface area contributed by atoms with E-state index in [-0.39, 0.29) is 18.1 Å². The molecule has 1 aliphatic carbocycles. The summed E-state index contributed by atoms with van der Waals surface area (Å²) in [5.41, 5.74) is 1.61. The van der Waals surface area contributed by atoms with Gasteiger partial charge in [-0.15, -0.1) is 10.2 Å². The molecule has 1 aromatic carbocycles. The molecule has 12 heteroatoms. The number of anilines is 1. The molecule has 5 rings (SSSR count). The number of benzene rings is 1. The number of aromatic nitrogens is 5. The van der Waals surface area contributed by atoms with E-state index in [1.165, 1.54) is 45.0 Å². The summed E-state index contributed by atoms with van der Waals surface area (Å²) in [5.74, 6) is 1.28. The van der Waals surface area contributed by atoms with E-state index in [4.69, 9.17) is 4.74 Å². The molecule has 1 N–H and O–H groups in total. The van der Waals surface area contributed by atoms with Gasteiger partial charge in [0.05, 0.1) is 5.69 Å². The fourth-order valence-corrected chi connectivity index (χ4v) is 5.59. The second-order valence-electron chi connectivity index (χ2n) is 7.31. The average Bonchev–Trinajstić information content (AvgIpc) is 3.38. The third-order valence-corrected chi connectivity index (χ3v) is 7.70. The summed E-state index contributed by atoms with van der Waals surface area (Å²) in [4.78, 5) is 29.6. The lowest BCUT2D eigenvalue weighted by molar-refractivity contribution is -0.118. The van der Waals surface area contributed by atoms with Crippen molar-refractivity contribution in [1.82, 2.24) is 24.8 Å². The molecule has 32 heavy (non-hydrogen) atoms. The smallest absolute Gasteiger partial charge is 0.275 e. The molecule has 9 nitrogen and oxygen atoms in total. The zero-order valence-electron chi connectivity index (χ0n) is 17.0. The molecule has 0 bridgehead atoms. The van der Waals surface area contributed by atoms with Crippen LogP contribution < -0.4 is 15.6 Å². The van der Waals surface area contributed by atoms with E-state index < -0.39 is 0 Å². The quantitative estimate of drug-likeness (QED) is 0.298. The minimum absolute atomic E-state index is 0.114. The topological polar surface area (TPSA) is 111 Å². The Bertz CT molecular complexity index is 1330. The van der Waals surface area contributed by atoms with Crippen LogP contribution in [0.5, 0.6) is 5.75 Å². The van der Waals surface area contributed by atoms with Crippen molar-refractivity contribution < 1.29 is 9.53 Å². The predicted molar refractivity (Wildman–Crippen MR) is 124 cm³/mol. The zero-order valence-corrected chi connectivity index (χ0v) is 19.4. The molecule has 1 aliphatic rings. The SMILES string of the molecule is Cc1ccc(OCC(=O)Nc2nnc(SCc3cc(=O)n4nc(C5CC5)sc4n3)s2)cc1. The number of hydrogen-bond acceptors (Lipinski definition) is 10. The highest BCUT2D eigenvalue weighted by molar-refractivity contribution is 8.00. The van der Waals surface area contributed by atoms with Gasteiger partial charge in [0.1, 0.15) is 10.8 Å². The number of nitrogens with one attached hydrogen (secondary N) is 1. The second kappa shape index (κ2) is 8.96. The van der Waals surface area contributed by atoms with Gasteiger partial charge in [0.25, 0.3) is 11.5 Å². The van der Waals surface area contributed by atoms with Gasteiger partial charge in [0.15, 0.2) is 10.9 Å². The van der Waals surface area contributed by atoms with Gasteiger partial charge in [-0.05, 0) is 31.9 Å². The lowest BCUT2D eigenvalue weighted by Gasteiger charge is -2.05. The fraction of sp³-hybridized carbons (Fsp3) is 0.300. The monoisotopic (exact) mass is 486 g/mol. The number of carbonyl (C=O) groups is 1. The van der Waals surface area contributed by atoms with Gasteiger partial charge in [0, 0.05) is 17.7 Å². The number of hydrogen-bond donors (Lipinski definition) is 1. The average molecular weight is 487 g/mol. The van der Waals surface area contributed by atoms with Crippen LogP contribution in [0.1, 0.15) is 35.0 Å². The second-order valence-corrected chi connectivity index (χ2v) is 10.5. The van der Waals surface area contributed by atoms with E-state index in [0.29, 0.717) is 37.5 Å². The van der Waals surface area contributed by atoms with Crippen molar-refractivity contribution in [1.29, 1.82) is 0 Å². The summed E-state index contributed by atoms with van der Waals surface area (Å²) in [6.45, 7) is 1.87. The summed E-state index contributed by atoms with van der Waals surface area (Å²) in [6.07, 6.45) is 2.26. The Morgan fingerprint density at radius 1 is 1.25 bits per heavy atom. The van der Waals surface area contributed by atoms with Crippen LogP contribution in [0.25, 0.3) is 4.96 Å². The maximum absolute atomic E-state index is 12.3. The number of carbonyl (C=O) groups excluding carboxylic acids is 1. The maximum Gasteiger partial charge on any atom is 0.275 e. The van der Waals surface area contributed by atoms with Crippen LogP contribution in [-0.2, 0) is 10.5 Å². The van der Waals surface area contributed by atoms with Crippen LogP contribution in [0.15, 0.2) is 39.5 Å². The van der Waals surface area contributed by atoms with Crippen molar-refractivity contribution in [2.75, 3.05) is 11.9 Å². The van der Waals surface area contributed by atoms with Crippen molar-refractivity contribution in [2.45, 2.75) is 35.8 Å². The number of fused-ring (bicyclic) bond motifs is 1. The highest BCUT2D eigenvalue weighted by Gasteiger charge is 2.28. The Kier molecular flexibility index (Phi) is 5.89. The van der Waals surface area contributed by atoms with E-state index in [0.717, 1.165) is 23.4 Å². The highest BCUT2D eigenvalue weighted by atomic mass is 32.2.